The van der Waals surface area contributed by atoms with Crippen LogP contribution in [0.3, 0.4) is 0 Å². The molecule has 0 saturated carbocycles. The topological polar surface area (TPSA) is 113 Å². The third-order valence-electron chi connectivity index (χ3n) is 5.23. The van der Waals surface area contributed by atoms with Crippen LogP contribution in [0, 0.1) is 0 Å². The Morgan fingerprint density at radius 1 is 1.10 bits per heavy atom. The number of nitrogens with one attached hydrogen (secondary N) is 1. The van der Waals surface area contributed by atoms with E-state index in [2.05, 4.69) is 42.9 Å². The molecular formula is C18H25BN8O2. The summed E-state index contributed by atoms with van der Waals surface area (Å²) >= 11 is 0. The van der Waals surface area contributed by atoms with Crippen LogP contribution in [0.15, 0.2) is 24.7 Å². The molecule has 10 nitrogen and oxygen atoms in total. The number of nitrogen functional groups attached to an aromatic ring is 1. The van der Waals surface area contributed by atoms with E-state index in [-0.39, 0.29) is 11.5 Å². The van der Waals surface area contributed by atoms with E-state index in [1.807, 2.05) is 6.07 Å². The second-order valence-electron chi connectivity index (χ2n) is 7.20. The van der Waals surface area contributed by atoms with Crippen molar-refractivity contribution in [3.05, 3.63) is 30.4 Å². The van der Waals surface area contributed by atoms with E-state index < -0.39 is 5.91 Å². The molecule has 4 rings (SSSR count). The summed E-state index contributed by atoms with van der Waals surface area (Å²) in [4.78, 5) is 32.4. The fourth-order valence-electron chi connectivity index (χ4n) is 3.49. The average molecular weight is 396 g/mol. The first kappa shape index (κ1) is 19.4. The summed E-state index contributed by atoms with van der Waals surface area (Å²) < 4.78 is 5.42. The highest BCUT2D eigenvalue weighted by molar-refractivity contribution is 6.07. The highest BCUT2D eigenvalue weighted by atomic mass is 16.5. The van der Waals surface area contributed by atoms with Crippen molar-refractivity contribution in [3.8, 4) is 0 Å². The maximum Gasteiger partial charge on any atom is 0.278 e. The fraction of sp³-hybridized carbons (Fsp3) is 0.444. The summed E-state index contributed by atoms with van der Waals surface area (Å²) in [6.45, 7) is 6.36. The smallest absolute Gasteiger partial charge is 0.278 e. The maximum absolute atomic E-state index is 13.0. The standard InChI is InChI=1S/C18H25BN8O2/c19-27-5-3-26(4-6-27)15-12-22-17(20)16(24-15)18(28)23-13-11-21-2-1-14(13)25-7-9-29-10-8-25/h1-2,11-12H,3-10,19H2,(H2,20,22)(H,23,28). The molecule has 2 aliphatic heterocycles. The van der Waals surface area contributed by atoms with E-state index in [1.54, 1.807) is 18.6 Å². The number of carbonyl (C=O) groups excluding carboxylic acids is 1. The minimum atomic E-state index is -0.395. The summed E-state index contributed by atoms with van der Waals surface area (Å²) in [6, 6.07) is 1.89. The lowest BCUT2D eigenvalue weighted by molar-refractivity contribution is 0.102. The van der Waals surface area contributed by atoms with Gasteiger partial charge in [-0.25, -0.2) is 9.97 Å². The fourth-order valence-corrected chi connectivity index (χ4v) is 3.49. The molecule has 1 amide bonds. The van der Waals surface area contributed by atoms with Gasteiger partial charge in [0.15, 0.2) is 19.5 Å². The number of piperazine rings is 1. The van der Waals surface area contributed by atoms with Crippen molar-refractivity contribution in [2.24, 2.45) is 0 Å². The molecule has 2 aliphatic rings. The van der Waals surface area contributed by atoms with Crippen LogP contribution in [0.25, 0.3) is 0 Å². The Labute approximate surface area is 170 Å². The van der Waals surface area contributed by atoms with Crippen molar-refractivity contribution < 1.29 is 9.53 Å². The Balaban J connectivity index is 1.54. The predicted octanol–water partition coefficient (Wildman–Crippen LogP) is -0.787. The summed E-state index contributed by atoms with van der Waals surface area (Å²) in [6.07, 6.45) is 4.97. The third-order valence-corrected chi connectivity index (χ3v) is 5.23. The molecule has 3 N–H and O–H groups in total. The maximum atomic E-state index is 13.0. The van der Waals surface area contributed by atoms with E-state index in [1.165, 1.54) is 0 Å². The average Bonchev–Trinajstić information content (AvgIpc) is 2.76. The number of aromatic nitrogens is 3. The van der Waals surface area contributed by atoms with Crippen LogP contribution in [0.2, 0.25) is 0 Å². The number of hydrogen-bond donors (Lipinski definition) is 2. The van der Waals surface area contributed by atoms with Crippen LogP contribution in [0.4, 0.5) is 23.0 Å². The zero-order chi connectivity index (χ0) is 20.2. The summed E-state index contributed by atoms with van der Waals surface area (Å²) in [5.41, 5.74) is 7.61. The van der Waals surface area contributed by atoms with Gasteiger partial charge in [-0.3, -0.25) is 9.78 Å². The molecule has 0 aliphatic carbocycles. The van der Waals surface area contributed by atoms with Gasteiger partial charge >= 0.3 is 0 Å². The molecule has 2 aromatic rings. The minimum Gasteiger partial charge on any atom is -0.382 e. The molecule has 0 spiro atoms. The van der Waals surface area contributed by atoms with Crippen LogP contribution >= 0.6 is 0 Å². The Morgan fingerprint density at radius 2 is 1.86 bits per heavy atom. The largest absolute Gasteiger partial charge is 0.382 e. The zero-order valence-electron chi connectivity index (χ0n) is 16.5. The number of hydrogen-bond acceptors (Lipinski definition) is 9. The lowest BCUT2D eigenvalue weighted by Crippen LogP contribution is -2.45. The van der Waals surface area contributed by atoms with E-state index >= 15 is 0 Å². The molecule has 0 aromatic carbocycles. The van der Waals surface area contributed by atoms with Gasteiger partial charge in [-0.05, 0) is 6.07 Å². The van der Waals surface area contributed by atoms with E-state index in [9.17, 15) is 4.79 Å². The number of morpholine rings is 1. The van der Waals surface area contributed by atoms with Gasteiger partial charge in [-0.1, -0.05) is 0 Å². The Morgan fingerprint density at radius 3 is 2.62 bits per heavy atom. The Kier molecular flexibility index (Phi) is 5.77. The molecule has 11 heteroatoms. The quantitative estimate of drug-likeness (QED) is 0.642. The third kappa shape index (κ3) is 4.41. The molecular weight excluding hydrogens is 371 g/mol. The van der Waals surface area contributed by atoms with Crippen molar-refractivity contribution in [1.82, 2.24) is 19.8 Å². The van der Waals surface area contributed by atoms with Gasteiger partial charge in [0.2, 0.25) is 0 Å². The first-order valence-electron chi connectivity index (χ1n) is 9.76. The lowest BCUT2D eigenvalue weighted by Gasteiger charge is -2.33. The van der Waals surface area contributed by atoms with Crippen molar-refractivity contribution >= 4 is 36.9 Å². The predicted molar refractivity (Wildman–Crippen MR) is 114 cm³/mol. The van der Waals surface area contributed by atoms with Gasteiger partial charge in [0.1, 0.15) is 5.82 Å². The molecule has 0 bridgehead atoms. The number of pyridine rings is 1. The number of carbonyl (C=O) groups is 1. The van der Waals surface area contributed by atoms with Crippen molar-refractivity contribution in [2.45, 2.75) is 0 Å². The first-order chi connectivity index (χ1) is 14.1. The van der Waals surface area contributed by atoms with Crippen LogP contribution in [0.1, 0.15) is 10.5 Å². The second kappa shape index (κ2) is 8.62. The number of ether oxygens (including phenoxy) is 1. The molecule has 152 valence electrons. The van der Waals surface area contributed by atoms with E-state index in [0.717, 1.165) is 45.0 Å². The molecule has 0 atom stereocenters. The van der Waals surface area contributed by atoms with E-state index in [0.29, 0.717) is 24.7 Å². The first-order valence-corrected chi connectivity index (χ1v) is 9.76. The number of nitrogens with two attached hydrogens (primary N) is 1. The van der Waals surface area contributed by atoms with Gasteiger partial charge < -0.3 is 30.4 Å². The molecule has 0 radical (unpaired) electrons. The van der Waals surface area contributed by atoms with Gasteiger partial charge in [-0.2, -0.15) is 0 Å². The van der Waals surface area contributed by atoms with E-state index in [4.69, 9.17) is 10.5 Å². The van der Waals surface area contributed by atoms with Crippen LogP contribution < -0.4 is 20.9 Å². The van der Waals surface area contributed by atoms with Crippen molar-refractivity contribution in [3.63, 3.8) is 0 Å². The molecule has 4 heterocycles. The van der Waals surface area contributed by atoms with Crippen molar-refractivity contribution in [1.29, 1.82) is 0 Å². The summed E-state index contributed by atoms with van der Waals surface area (Å²) in [7, 11) is 2.09. The Bertz CT molecular complexity index is 869. The monoisotopic (exact) mass is 396 g/mol. The number of anilines is 4. The van der Waals surface area contributed by atoms with Crippen LogP contribution in [0.5, 0.6) is 0 Å². The molecule has 2 saturated heterocycles. The molecule has 29 heavy (non-hydrogen) atoms. The molecule has 0 unspecified atom stereocenters. The summed E-state index contributed by atoms with van der Waals surface area (Å²) in [5.74, 6) is 0.378. The van der Waals surface area contributed by atoms with Gasteiger partial charge in [0.25, 0.3) is 5.91 Å². The minimum absolute atomic E-state index is 0.109. The normalized spacial score (nSPS) is 17.9. The van der Waals surface area contributed by atoms with Gasteiger partial charge in [0.05, 0.1) is 37.0 Å². The summed E-state index contributed by atoms with van der Waals surface area (Å²) in [5, 5.41) is 2.91. The van der Waals surface area contributed by atoms with Crippen molar-refractivity contribution in [2.75, 3.05) is 73.3 Å². The number of amides is 1. The Hall–Kier alpha value is -2.92. The second-order valence-corrected chi connectivity index (χ2v) is 7.20. The SMILES string of the molecule is BN1CCN(c2cnc(N)c(C(=O)Nc3cnccc3N3CCOCC3)n2)CC1. The van der Waals surface area contributed by atoms with Crippen LogP contribution in [-0.2, 0) is 4.74 Å². The number of rotatable bonds is 4. The van der Waals surface area contributed by atoms with Crippen LogP contribution in [-0.4, -0.2) is 86.1 Å². The molecule has 2 fully saturated rings. The highest BCUT2D eigenvalue weighted by Gasteiger charge is 2.21. The van der Waals surface area contributed by atoms with Gasteiger partial charge in [-0.15, -0.1) is 0 Å². The number of nitrogens with zero attached hydrogens (tertiary/aromatic N) is 6. The van der Waals surface area contributed by atoms with Gasteiger partial charge in [0, 0.05) is 45.5 Å². The lowest BCUT2D eigenvalue weighted by atomic mass is 10.2. The zero-order valence-corrected chi connectivity index (χ0v) is 16.5. The molecule has 2 aromatic heterocycles. The highest BCUT2D eigenvalue weighted by Crippen LogP contribution is 2.26.